The Morgan fingerprint density at radius 2 is 1.89 bits per heavy atom. The predicted molar refractivity (Wildman–Crippen MR) is 108 cm³/mol. The maximum absolute atomic E-state index is 12.2. The van der Waals surface area contributed by atoms with Gasteiger partial charge in [0, 0.05) is 36.7 Å². The highest BCUT2D eigenvalue weighted by molar-refractivity contribution is 6.02. The molecule has 0 aliphatic heterocycles. The second-order valence-corrected chi connectivity index (χ2v) is 6.22. The number of nitrogens with zero attached hydrogens (tertiary/aromatic N) is 1. The summed E-state index contributed by atoms with van der Waals surface area (Å²) in [7, 11) is 3.25. The van der Waals surface area contributed by atoms with E-state index in [1.165, 1.54) is 0 Å². The van der Waals surface area contributed by atoms with E-state index < -0.39 is 0 Å². The van der Waals surface area contributed by atoms with Crippen molar-refractivity contribution in [3.05, 3.63) is 48.0 Å². The highest BCUT2D eigenvalue weighted by Crippen LogP contribution is 2.37. The van der Waals surface area contributed by atoms with Crippen LogP contribution >= 0.6 is 0 Å². The Kier molecular flexibility index (Phi) is 5.66. The third-order valence-corrected chi connectivity index (χ3v) is 4.64. The topological polar surface area (TPSA) is 78.5 Å². The van der Waals surface area contributed by atoms with E-state index in [9.17, 15) is 4.79 Å². The summed E-state index contributed by atoms with van der Waals surface area (Å²) in [5.41, 5.74) is 10.8. The first kappa shape index (κ1) is 18.8. The fourth-order valence-electron chi connectivity index (χ4n) is 3.27. The number of carbonyl (C=O) groups is 1. The van der Waals surface area contributed by atoms with Crippen molar-refractivity contribution in [3.8, 4) is 17.0 Å². The van der Waals surface area contributed by atoms with E-state index in [0.29, 0.717) is 24.4 Å². The number of ether oxygens (including phenoxy) is 2. The van der Waals surface area contributed by atoms with Crippen LogP contribution < -0.4 is 15.8 Å². The Hall–Kier alpha value is -2.99. The molecule has 6 nitrogen and oxygen atoms in total. The summed E-state index contributed by atoms with van der Waals surface area (Å²) in [5.74, 6) is 0.657. The largest absolute Gasteiger partial charge is 0.497 e. The number of carbonyl (C=O) groups excluding carboxylic acids is 1. The smallest absolute Gasteiger partial charge is 0.251 e. The maximum atomic E-state index is 12.2. The number of nitrogen functional groups attached to an aromatic ring is 1. The molecule has 1 amide bonds. The van der Waals surface area contributed by atoms with Gasteiger partial charge in [0.15, 0.2) is 0 Å². The SMILES string of the molecule is CCn1c(-c2ccc(C(=O)NCCOC)cc2)c(N)c2cc(OC)ccc21. The first-order valence-electron chi connectivity index (χ1n) is 8.94. The second-order valence-electron chi connectivity index (χ2n) is 6.22. The normalized spacial score (nSPS) is 10.9. The first-order valence-corrected chi connectivity index (χ1v) is 8.94. The molecule has 0 unspecified atom stereocenters. The zero-order valence-corrected chi connectivity index (χ0v) is 15.9. The summed E-state index contributed by atoms with van der Waals surface area (Å²) in [6, 6.07) is 13.4. The lowest BCUT2D eigenvalue weighted by atomic mass is 10.1. The molecule has 3 aromatic rings. The molecule has 0 saturated carbocycles. The van der Waals surface area contributed by atoms with Gasteiger partial charge in [-0.15, -0.1) is 0 Å². The molecule has 0 aliphatic rings. The van der Waals surface area contributed by atoms with Crippen LogP contribution in [0.25, 0.3) is 22.2 Å². The number of nitrogens with two attached hydrogens (primary N) is 1. The Morgan fingerprint density at radius 3 is 2.52 bits per heavy atom. The van der Waals surface area contributed by atoms with E-state index in [2.05, 4.69) is 16.8 Å². The van der Waals surface area contributed by atoms with Crippen LogP contribution in [-0.2, 0) is 11.3 Å². The van der Waals surface area contributed by atoms with Crippen molar-refractivity contribution in [2.24, 2.45) is 0 Å². The molecule has 0 spiro atoms. The number of anilines is 1. The molecular weight excluding hydrogens is 342 g/mol. The molecule has 0 atom stereocenters. The van der Waals surface area contributed by atoms with Crippen molar-refractivity contribution >= 4 is 22.5 Å². The van der Waals surface area contributed by atoms with Crippen molar-refractivity contribution in [2.45, 2.75) is 13.5 Å². The zero-order valence-electron chi connectivity index (χ0n) is 15.9. The molecule has 0 aliphatic carbocycles. The van der Waals surface area contributed by atoms with Gasteiger partial charge in [-0.05, 0) is 37.3 Å². The van der Waals surface area contributed by atoms with Crippen LogP contribution in [0.15, 0.2) is 42.5 Å². The second kappa shape index (κ2) is 8.14. The number of aryl methyl sites for hydroxylation is 1. The fraction of sp³-hybridized carbons (Fsp3) is 0.286. The summed E-state index contributed by atoms with van der Waals surface area (Å²) >= 11 is 0. The minimum atomic E-state index is -0.118. The number of aromatic nitrogens is 1. The van der Waals surface area contributed by atoms with Crippen LogP contribution in [0.2, 0.25) is 0 Å². The molecule has 27 heavy (non-hydrogen) atoms. The molecule has 142 valence electrons. The molecule has 6 heteroatoms. The minimum Gasteiger partial charge on any atom is -0.497 e. The fourth-order valence-corrected chi connectivity index (χ4v) is 3.27. The Labute approximate surface area is 158 Å². The molecule has 1 heterocycles. The lowest BCUT2D eigenvalue weighted by molar-refractivity contribution is 0.0937. The number of methoxy groups -OCH3 is 2. The summed E-state index contributed by atoms with van der Waals surface area (Å²) in [6.07, 6.45) is 0. The van der Waals surface area contributed by atoms with Crippen LogP contribution in [0.3, 0.4) is 0 Å². The molecular formula is C21H25N3O3. The average molecular weight is 367 g/mol. The lowest BCUT2D eigenvalue weighted by Crippen LogP contribution is -2.26. The van der Waals surface area contributed by atoms with E-state index in [-0.39, 0.29) is 5.91 Å². The third kappa shape index (κ3) is 3.61. The van der Waals surface area contributed by atoms with Gasteiger partial charge in [-0.25, -0.2) is 0 Å². The van der Waals surface area contributed by atoms with E-state index >= 15 is 0 Å². The number of hydrogen-bond acceptors (Lipinski definition) is 4. The van der Waals surface area contributed by atoms with Gasteiger partial charge in [0.25, 0.3) is 5.91 Å². The summed E-state index contributed by atoms with van der Waals surface area (Å²) in [5, 5.41) is 3.78. The highest BCUT2D eigenvalue weighted by Gasteiger charge is 2.17. The Morgan fingerprint density at radius 1 is 1.15 bits per heavy atom. The van der Waals surface area contributed by atoms with Gasteiger partial charge in [0.05, 0.1) is 30.6 Å². The number of benzene rings is 2. The molecule has 0 bridgehead atoms. The van der Waals surface area contributed by atoms with Gasteiger partial charge >= 0.3 is 0 Å². The van der Waals surface area contributed by atoms with Gasteiger partial charge in [0.1, 0.15) is 5.75 Å². The molecule has 1 aromatic heterocycles. The summed E-state index contributed by atoms with van der Waals surface area (Å²) in [6.45, 7) is 3.84. The van der Waals surface area contributed by atoms with Crippen LogP contribution in [0.1, 0.15) is 17.3 Å². The standard InChI is InChI=1S/C21H25N3O3/c1-4-24-18-10-9-16(27-3)13-17(18)19(22)20(24)14-5-7-15(8-6-14)21(25)23-11-12-26-2/h5-10,13H,4,11-12,22H2,1-3H3,(H,23,25). The van der Waals surface area contributed by atoms with Gasteiger partial charge < -0.3 is 25.1 Å². The van der Waals surface area contributed by atoms with Gasteiger partial charge in [-0.2, -0.15) is 0 Å². The van der Waals surface area contributed by atoms with E-state index in [4.69, 9.17) is 15.2 Å². The molecule has 0 saturated heterocycles. The number of nitrogens with one attached hydrogen (secondary N) is 1. The molecule has 2 aromatic carbocycles. The van der Waals surface area contributed by atoms with Crippen LogP contribution in [-0.4, -0.2) is 37.8 Å². The van der Waals surface area contributed by atoms with Crippen molar-refractivity contribution in [1.29, 1.82) is 0 Å². The number of fused-ring (bicyclic) bond motifs is 1. The maximum Gasteiger partial charge on any atom is 0.251 e. The van der Waals surface area contributed by atoms with E-state index in [0.717, 1.165) is 34.5 Å². The summed E-state index contributed by atoms with van der Waals surface area (Å²) in [4.78, 5) is 12.2. The molecule has 3 N–H and O–H groups in total. The minimum absolute atomic E-state index is 0.118. The number of rotatable bonds is 7. The summed E-state index contributed by atoms with van der Waals surface area (Å²) < 4.78 is 12.5. The Bertz CT molecular complexity index is 945. The quantitative estimate of drug-likeness (QED) is 0.628. The van der Waals surface area contributed by atoms with Gasteiger partial charge in [-0.3, -0.25) is 4.79 Å². The van der Waals surface area contributed by atoms with E-state index in [1.54, 1.807) is 14.2 Å². The highest BCUT2D eigenvalue weighted by atomic mass is 16.5. The Balaban J connectivity index is 1.97. The third-order valence-electron chi connectivity index (χ3n) is 4.64. The zero-order chi connectivity index (χ0) is 19.4. The number of amides is 1. The van der Waals surface area contributed by atoms with Crippen molar-refractivity contribution in [2.75, 3.05) is 33.1 Å². The van der Waals surface area contributed by atoms with E-state index in [1.807, 2.05) is 42.5 Å². The first-order chi connectivity index (χ1) is 13.1. The number of hydrogen-bond donors (Lipinski definition) is 2. The molecule has 0 radical (unpaired) electrons. The van der Waals surface area contributed by atoms with Gasteiger partial charge in [-0.1, -0.05) is 12.1 Å². The van der Waals surface area contributed by atoms with Crippen molar-refractivity contribution in [3.63, 3.8) is 0 Å². The monoisotopic (exact) mass is 367 g/mol. The van der Waals surface area contributed by atoms with Crippen LogP contribution in [0, 0.1) is 0 Å². The lowest BCUT2D eigenvalue weighted by Gasteiger charge is -2.10. The van der Waals surface area contributed by atoms with Crippen LogP contribution in [0.5, 0.6) is 5.75 Å². The average Bonchev–Trinajstić information content (AvgIpc) is 2.99. The molecule has 3 rings (SSSR count). The predicted octanol–water partition coefficient (Wildman–Crippen LogP) is 3.30. The van der Waals surface area contributed by atoms with Crippen LogP contribution in [0.4, 0.5) is 5.69 Å². The van der Waals surface area contributed by atoms with Gasteiger partial charge in [0.2, 0.25) is 0 Å². The molecule has 0 fully saturated rings. The van der Waals surface area contributed by atoms with Crippen molar-refractivity contribution < 1.29 is 14.3 Å². The van der Waals surface area contributed by atoms with Crippen molar-refractivity contribution in [1.82, 2.24) is 9.88 Å².